The Morgan fingerprint density at radius 3 is 2.92 bits per heavy atom. The lowest BCUT2D eigenvalue weighted by molar-refractivity contribution is 0.0695. The van der Waals surface area contributed by atoms with Gasteiger partial charge < -0.3 is 15.0 Å². The van der Waals surface area contributed by atoms with Crippen molar-refractivity contribution < 1.29 is 9.90 Å². The van der Waals surface area contributed by atoms with Crippen LogP contribution in [-0.2, 0) is 13.0 Å². The number of thiophene rings is 1. The largest absolute Gasteiger partial charge is 0.477 e. The topological polar surface area (TPSA) is 84.2 Å². The molecule has 0 aromatic carbocycles. The van der Waals surface area contributed by atoms with E-state index in [1.54, 1.807) is 17.4 Å². The first-order chi connectivity index (χ1) is 12.6. The lowest BCUT2D eigenvalue weighted by Gasteiger charge is -2.11. The van der Waals surface area contributed by atoms with Crippen LogP contribution in [0.15, 0.2) is 29.2 Å². The predicted molar refractivity (Wildman–Crippen MR) is 100.0 cm³/mol. The summed E-state index contributed by atoms with van der Waals surface area (Å²) in [5, 5.41) is 13.1. The number of rotatable bonds is 3. The van der Waals surface area contributed by atoms with Gasteiger partial charge in [0.25, 0.3) is 0 Å². The van der Waals surface area contributed by atoms with Crippen LogP contribution in [0.3, 0.4) is 0 Å². The van der Waals surface area contributed by atoms with Crippen LogP contribution in [0.5, 0.6) is 0 Å². The highest BCUT2D eigenvalue weighted by molar-refractivity contribution is 7.15. The first kappa shape index (κ1) is 15.7. The fraction of sp³-hybridized carbons (Fsp3) is 0.316. The molecule has 7 heteroatoms. The number of pyridine rings is 2. The molecule has 4 heterocycles. The van der Waals surface area contributed by atoms with E-state index in [2.05, 4.69) is 11.4 Å². The van der Waals surface area contributed by atoms with E-state index in [4.69, 9.17) is 4.98 Å². The number of nitrogens with one attached hydrogen (secondary N) is 1. The van der Waals surface area contributed by atoms with Gasteiger partial charge >= 0.3 is 5.97 Å². The van der Waals surface area contributed by atoms with Crippen molar-refractivity contribution in [3.8, 4) is 10.6 Å². The molecule has 0 spiro atoms. The first-order valence-electron chi connectivity index (χ1n) is 8.73. The maximum atomic E-state index is 12.5. The molecule has 1 aliphatic heterocycles. The average molecular weight is 367 g/mol. The number of hydrogen-bond acceptors (Lipinski definition) is 5. The summed E-state index contributed by atoms with van der Waals surface area (Å²) < 4.78 is 1.87. The molecule has 0 amide bonds. The molecule has 132 valence electrons. The Balaban J connectivity index is 1.71. The molecular formula is C19H17N3O3S. The summed E-state index contributed by atoms with van der Waals surface area (Å²) >= 11 is 1.76. The van der Waals surface area contributed by atoms with Crippen LogP contribution < -0.4 is 10.7 Å². The molecular weight excluding hydrogens is 350 g/mol. The second kappa shape index (κ2) is 5.75. The van der Waals surface area contributed by atoms with Crippen molar-refractivity contribution in [2.75, 3.05) is 6.54 Å². The highest BCUT2D eigenvalue weighted by Crippen LogP contribution is 2.38. The monoisotopic (exact) mass is 367 g/mol. The SMILES string of the molecule is O=C(O)c1cn(C2CC2)c2nc(-c3cc4c(s3)CCNC4)ccc2c1=O. The number of fused-ring (bicyclic) bond motifs is 2. The third-order valence-corrected chi connectivity index (χ3v) is 6.30. The zero-order valence-corrected chi connectivity index (χ0v) is 14.8. The van der Waals surface area contributed by atoms with Crippen LogP contribution in [0.1, 0.15) is 39.7 Å². The molecule has 0 atom stereocenters. The molecule has 26 heavy (non-hydrogen) atoms. The van der Waals surface area contributed by atoms with Gasteiger partial charge in [-0.2, -0.15) is 0 Å². The summed E-state index contributed by atoms with van der Waals surface area (Å²) in [4.78, 5) is 31.2. The Morgan fingerprint density at radius 1 is 1.35 bits per heavy atom. The van der Waals surface area contributed by atoms with Gasteiger partial charge in [0, 0.05) is 30.2 Å². The van der Waals surface area contributed by atoms with Crippen LogP contribution in [0.2, 0.25) is 0 Å². The number of carbonyl (C=O) groups is 1. The number of hydrogen-bond donors (Lipinski definition) is 2. The number of carboxylic acid groups (broad SMARTS) is 1. The minimum absolute atomic E-state index is 0.184. The van der Waals surface area contributed by atoms with Gasteiger partial charge in [0.05, 0.1) is 16.0 Å². The Bertz CT molecular complexity index is 1090. The lowest BCUT2D eigenvalue weighted by atomic mass is 10.1. The van der Waals surface area contributed by atoms with E-state index >= 15 is 0 Å². The van der Waals surface area contributed by atoms with Crippen LogP contribution in [0.4, 0.5) is 0 Å². The predicted octanol–water partition coefficient (Wildman–Crippen LogP) is 2.80. The molecule has 0 bridgehead atoms. The fourth-order valence-corrected chi connectivity index (χ4v) is 4.68. The van der Waals surface area contributed by atoms with Crippen molar-refractivity contribution in [1.29, 1.82) is 0 Å². The van der Waals surface area contributed by atoms with Crippen molar-refractivity contribution in [1.82, 2.24) is 14.9 Å². The number of aromatic carboxylic acids is 1. The quantitative estimate of drug-likeness (QED) is 0.744. The van der Waals surface area contributed by atoms with Crippen molar-refractivity contribution in [2.45, 2.75) is 31.8 Å². The first-order valence-corrected chi connectivity index (χ1v) is 9.55. The van der Waals surface area contributed by atoms with Crippen molar-refractivity contribution in [3.63, 3.8) is 0 Å². The third kappa shape index (κ3) is 2.47. The molecule has 5 rings (SSSR count). The molecule has 2 N–H and O–H groups in total. The second-order valence-electron chi connectivity index (χ2n) is 6.87. The number of aromatic nitrogens is 2. The van der Waals surface area contributed by atoms with Crippen molar-refractivity contribution >= 4 is 28.3 Å². The minimum Gasteiger partial charge on any atom is -0.477 e. The van der Waals surface area contributed by atoms with E-state index in [9.17, 15) is 14.7 Å². The van der Waals surface area contributed by atoms with Crippen LogP contribution in [-0.4, -0.2) is 27.2 Å². The number of nitrogens with zero attached hydrogens (tertiary/aromatic N) is 2. The molecule has 3 aromatic heterocycles. The Kier molecular flexibility index (Phi) is 3.48. The van der Waals surface area contributed by atoms with Crippen LogP contribution >= 0.6 is 11.3 Å². The second-order valence-corrected chi connectivity index (χ2v) is 8.01. The van der Waals surface area contributed by atoms with Gasteiger partial charge in [0.15, 0.2) is 0 Å². The highest BCUT2D eigenvalue weighted by atomic mass is 32.1. The molecule has 3 aromatic rings. The van der Waals surface area contributed by atoms with E-state index in [0.717, 1.165) is 42.9 Å². The van der Waals surface area contributed by atoms with Crippen molar-refractivity contribution in [2.24, 2.45) is 0 Å². The zero-order valence-electron chi connectivity index (χ0n) is 14.0. The summed E-state index contributed by atoms with van der Waals surface area (Å²) in [6.07, 6.45) is 4.47. The molecule has 0 saturated heterocycles. The minimum atomic E-state index is -1.19. The highest BCUT2D eigenvalue weighted by Gasteiger charge is 2.27. The van der Waals surface area contributed by atoms with Gasteiger partial charge in [-0.3, -0.25) is 4.79 Å². The third-order valence-electron chi connectivity index (χ3n) is 5.04. The summed E-state index contributed by atoms with van der Waals surface area (Å²) in [7, 11) is 0. The van der Waals surface area contributed by atoms with Gasteiger partial charge in [-0.1, -0.05) is 0 Å². The summed E-state index contributed by atoms with van der Waals surface area (Å²) in [6.45, 7) is 1.88. The van der Waals surface area contributed by atoms with Gasteiger partial charge in [0.2, 0.25) is 5.43 Å². The van der Waals surface area contributed by atoms with Crippen LogP contribution in [0, 0.1) is 0 Å². The van der Waals surface area contributed by atoms with Gasteiger partial charge in [-0.25, -0.2) is 9.78 Å². The average Bonchev–Trinajstić information content (AvgIpc) is 3.39. The Labute approximate surface area is 153 Å². The lowest BCUT2D eigenvalue weighted by Crippen LogP contribution is -2.21. The molecule has 0 radical (unpaired) electrons. The van der Waals surface area contributed by atoms with Gasteiger partial charge in [-0.15, -0.1) is 11.3 Å². The Hall–Kier alpha value is -2.51. The summed E-state index contributed by atoms with van der Waals surface area (Å²) in [5.41, 5.74) is 2.10. The standard InChI is InChI=1S/C19H17N3O3S/c23-17-12-3-4-14(16-7-10-8-20-6-5-15(10)26-16)21-18(12)22(11-1-2-11)9-13(17)19(24)25/h3-4,7,9,11,20H,1-2,5-6,8H2,(H,24,25). The van der Waals surface area contributed by atoms with E-state index in [0.29, 0.717) is 11.0 Å². The van der Waals surface area contributed by atoms with E-state index in [-0.39, 0.29) is 11.6 Å². The molecule has 6 nitrogen and oxygen atoms in total. The molecule has 1 aliphatic carbocycles. The normalized spacial score (nSPS) is 16.6. The van der Waals surface area contributed by atoms with Crippen LogP contribution in [0.25, 0.3) is 21.6 Å². The van der Waals surface area contributed by atoms with E-state index in [1.807, 2.05) is 10.6 Å². The maximum Gasteiger partial charge on any atom is 0.341 e. The smallest absolute Gasteiger partial charge is 0.341 e. The molecule has 1 fully saturated rings. The fourth-order valence-electron chi connectivity index (χ4n) is 3.53. The summed E-state index contributed by atoms with van der Waals surface area (Å²) in [6, 6.07) is 5.96. The van der Waals surface area contributed by atoms with Gasteiger partial charge in [-0.05, 0) is 43.0 Å². The van der Waals surface area contributed by atoms with Gasteiger partial charge in [0.1, 0.15) is 11.2 Å². The Morgan fingerprint density at radius 2 is 2.19 bits per heavy atom. The molecule has 2 aliphatic rings. The zero-order chi connectivity index (χ0) is 17.8. The number of carboxylic acids is 1. The maximum absolute atomic E-state index is 12.5. The molecule has 1 saturated carbocycles. The van der Waals surface area contributed by atoms with E-state index < -0.39 is 11.4 Å². The molecule has 0 unspecified atom stereocenters. The van der Waals surface area contributed by atoms with E-state index in [1.165, 1.54) is 16.6 Å². The summed E-state index contributed by atoms with van der Waals surface area (Å²) in [5.74, 6) is -1.19. The van der Waals surface area contributed by atoms with Crippen molar-refractivity contribution in [3.05, 3.63) is 50.6 Å².